The molecule has 1 amide bonds. The molecular weight excluding hydrogens is 305 g/mol. The molecular formula is C12H15F3N4O3. The zero-order valence-corrected chi connectivity index (χ0v) is 11.9. The van der Waals surface area contributed by atoms with Crippen LogP contribution in [0.3, 0.4) is 0 Å². The predicted molar refractivity (Wildman–Crippen MR) is 69.7 cm³/mol. The van der Waals surface area contributed by atoms with Gasteiger partial charge >= 0.3 is 12.5 Å². The second-order valence-corrected chi connectivity index (χ2v) is 5.06. The highest BCUT2D eigenvalue weighted by Gasteiger charge is 2.34. The monoisotopic (exact) mass is 320 g/mol. The minimum Gasteiger partial charge on any atom is -0.465 e. The molecule has 2 heterocycles. The molecule has 1 fully saturated rings. The number of alkyl halides is 3. The van der Waals surface area contributed by atoms with Crippen molar-refractivity contribution in [1.82, 2.24) is 14.9 Å². The summed E-state index contributed by atoms with van der Waals surface area (Å²) in [5.41, 5.74) is 0. The number of hydrogen-bond donors (Lipinski definition) is 1. The van der Waals surface area contributed by atoms with E-state index in [0.717, 1.165) is 12.4 Å². The molecule has 7 nitrogen and oxygen atoms in total. The molecule has 1 saturated heterocycles. The van der Waals surface area contributed by atoms with E-state index in [2.05, 4.69) is 14.7 Å². The molecule has 1 aromatic heterocycles. The van der Waals surface area contributed by atoms with E-state index in [-0.39, 0.29) is 18.0 Å². The first-order valence-electron chi connectivity index (χ1n) is 6.51. The topological polar surface area (TPSA) is 78.8 Å². The second-order valence-electron chi connectivity index (χ2n) is 5.06. The number of aromatic nitrogens is 2. The Bertz CT molecular complexity index is 525. The number of hydrogen-bond acceptors (Lipinski definition) is 5. The first-order chi connectivity index (χ1) is 10.2. The molecule has 0 aromatic carbocycles. The van der Waals surface area contributed by atoms with Crippen LogP contribution in [0.4, 0.5) is 23.9 Å². The fourth-order valence-corrected chi connectivity index (χ4v) is 2.52. The molecule has 0 saturated carbocycles. The summed E-state index contributed by atoms with van der Waals surface area (Å²) in [4.78, 5) is 21.9. The maximum absolute atomic E-state index is 12.1. The molecule has 1 aliphatic rings. The van der Waals surface area contributed by atoms with E-state index < -0.39 is 18.2 Å². The van der Waals surface area contributed by atoms with E-state index in [0.29, 0.717) is 13.1 Å². The van der Waals surface area contributed by atoms with Crippen molar-refractivity contribution in [1.29, 1.82) is 0 Å². The summed E-state index contributed by atoms with van der Waals surface area (Å²) < 4.78 is 39.9. The van der Waals surface area contributed by atoms with Gasteiger partial charge in [-0.3, -0.25) is 4.90 Å². The normalized spacial score (nSPS) is 22.6. The second kappa shape index (κ2) is 5.85. The van der Waals surface area contributed by atoms with Gasteiger partial charge in [0.1, 0.15) is 0 Å². The van der Waals surface area contributed by atoms with Crippen LogP contribution in [0.1, 0.15) is 13.8 Å². The lowest BCUT2D eigenvalue weighted by molar-refractivity contribution is -0.274. The van der Waals surface area contributed by atoms with Crippen LogP contribution in [0.5, 0.6) is 5.75 Å². The Labute approximate surface area is 124 Å². The number of rotatable bonds is 2. The van der Waals surface area contributed by atoms with E-state index in [9.17, 15) is 18.0 Å². The van der Waals surface area contributed by atoms with Crippen LogP contribution in [0.25, 0.3) is 0 Å². The lowest BCUT2D eigenvalue weighted by atomic mass is 10.1. The quantitative estimate of drug-likeness (QED) is 0.897. The number of piperazine rings is 1. The highest BCUT2D eigenvalue weighted by Crippen LogP contribution is 2.24. The Kier molecular flexibility index (Phi) is 4.29. The molecule has 1 N–H and O–H groups in total. The minimum atomic E-state index is -4.79. The third kappa shape index (κ3) is 3.68. The molecule has 0 aliphatic carbocycles. The smallest absolute Gasteiger partial charge is 0.465 e. The summed E-state index contributed by atoms with van der Waals surface area (Å²) in [6, 6.07) is -0.563. The Hall–Kier alpha value is -2.26. The van der Waals surface area contributed by atoms with Gasteiger partial charge in [-0.25, -0.2) is 14.8 Å². The van der Waals surface area contributed by atoms with E-state index in [1.807, 2.05) is 0 Å². The van der Waals surface area contributed by atoms with Crippen molar-refractivity contribution in [2.45, 2.75) is 32.3 Å². The Morgan fingerprint density at radius 3 is 2.18 bits per heavy atom. The zero-order chi connectivity index (χ0) is 16.5. The number of carboxylic acid groups (broad SMARTS) is 1. The Morgan fingerprint density at radius 2 is 1.77 bits per heavy atom. The Morgan fingerprint density at radius 1 is 1.27 bits per heavy atom. The zero-order valence-electron chi connectivity index (χ0n) is 11.9. The molecule has 10 heteroatoms. The van der Waals surface area contributed by atoms with Crippen LogP contribution >= 0.6 is 0 Å². The summed E-state index contributed by atoms with van der Waals surface area (Å²) in [5, 5.41) is 9.13. The molecule has 2 rings (SSSR count). The van der Waals surface area contributed by atoms with E-state index in [1.54, 1.807) is 18.7 Å². The highest BCUT2D eigenvalue weighted by molar-refractivity contribution is 5.66. The lowest BCUT2D eigenvalue weighted by Gasteiger charge is -2.42. The van der Waals surface area contributed by atoms with Gasteiger partial charge < -0.3 is 14.7 Å². The van der Waals surface area contributed by atoms with Gasteiger partial charge in [0.15, 0.2) is 5.75 Å². The van der Waals surface area contributed by atoms with Crippen LogP contribution in [0.15, 0.2) is 12.4 Å². The molecule has 0 bridgehead atoms. The van der Waals surface area contributed by atoms with Crippen molar-refractivity contribution >= 4 is 12.0 Å². The molecule has 0 radical (unpaired) electrons. The molecule has 1 aliphatic heterocycles. The van der Waals surface area contributed by atoms with Crippen LogP contribution < -0.4 is 9.64 Å². The fourth-order valence-electron chi connectivity index (χ4n) is 2.52. The number of halogens is 3. The summed E-state index contributed by atoms with van der Waals surface area (Å²) in [7, 11) is 0. The first-order valence-corrected chi connectivity index (χ1v) is 6.51. The number of anilines is 1. The van der Waals surface area contributed by atoms with Gasteiger partial charge in [-0.15, -0.1) is 13.2 Å². The summed E-state index contributed by atoms with van der Waals surface area (Å²) in [6.45, 7) is 4.21. The van der Waals surface area contributed by atoms with Gasteiger partial charge in [-0.05, 0) is 13.8 Å². The van der Waals surface area contributed by atoms with Crippen LogP contribution in [-0.4, -0.2) is 57.6 Å². The van der Waals surface area contributed by atoms with E-state index in [4.69, 9.17) is 5.11 Å². The van der Waals surface area contributed by atoms with Crippen molar-refractivity contribution in [2.75, 3.05) is 18.0 Å². The largest absolute Gasteiger partial charge is 0.573 e. The molecule has 122 valence electrons. The molecule has 2 atom stereocenters. The summed E-state index contributed by atoms with van der Waals surface area (Å²) in [6.07, 6.45) is -3.92. The summed E-state index contributed by atoms with van der Waals surface area (Å²) >= 11 is 0. The number of ether oxygens (including phenoxy) is 1. The fraction of sp³-hybridized carbons (Fsp3) is 0.583. The van der Waals surface area contributed by atoms with Gasteiger partial charge in [-0.2, -0.15) is 0 Å². The van der Waals surface area contributed by atoms with Crippen LogP contribution in [0, 0.1) is 0 Å². The molecule has 0 spiro atoms. The van der Waals surface area contributed by atoms with Crippen molar-refractivity contribution in [3.05, 3.63) is 12.4 Å². The molecule has 0 unspecified atom stereocenters. The van der Waals surface area contributed by atoms with Gasteiger partial charge in [-0.1, -0.05) is 0 Å². The first kappa shape index (κ1) is 16.1. The third-order valence-electron chi connectivity index (χ3n) is 3.27. The van der Waals surface area contributed by atoms with Gasteiger partial charge in [0.2, 0.25) is 5.95 Å². The Balaban J connectivity index is 2.08. The van der Waals surface area contributed by atoms with E-state index in [1.165, 1.54) is 4.90 Å². The van der Waals surface area contributed by atoms with Gasteiger partial charge in [0.25, 0.3) is 0 Å². The maximum atomic E-state index is 12.1. The minimum absolute atomic E-state index is 0.235. The molecule has 1 aromatic rings. The van der Waals surface area contributed by atoms with Crippen molar-refractivity contribution in [2.24, 2.45) is 0 Å². The number of nitrogens with zero attached hydrogens (tertiary/aromatic N) is 4. The van der Waals surface area contributed by atoms with Crippen molar-refractivity contribution in [3.8, 4) is 5.75 Å². The van der Waals surface area contributed by atoms with Crippen molar-refractivity contribution in [3.63, 3.8) is 0 Å². The number of carbonyl (C=O) groups is 1. The lowest BCUT2D eigenvalue weighted by Crippen LogP contribution is -2.58. The number of amides is 1. The predicted octanol–water partition coefficient (Wildman–Crippen LogP) is 1.95. The maximum Gasteiger partial charge on any atom is 0.573 e. The van der Waals surface area contributed by atoms with Gasteiger partial charge in [0, 0.05) is 13.1 Å². The molecule has 22 heavy (non-hydrogen) atoms. The van der Waals surface area contributed by atoms with E-state index >= 15 is 0 Å². The van der Waals surface area contributed by atoms with Crippen LogP contribution in [-0.2, 0) is 0 Å². The van der Waals surface area contributed by atoms with Gasteiger partial charge in [0.05, 0.1) is 24.5 Å². The highest BCUT2D eigenvalue weighted by atomic mass is 19.4. The average Bonchev–Trinajstić information content (AvgIpc) is 2.36. The summed E-state index contributed by atoms with van der Waals surface area (Å²) in [5.74, 6) is -0.264. The van der Waals surface area contributed by atoms with Crippen molar-refractivity contribution < 1.29 is 27.8 Å². The standard InChI is InChI=1S/C12H15F3N4O3/c1-7-5-18(6-8(2)19(7)11(20)21)10-16-3-9(4-17-10)22-12(13,14)15/h3-4,7-8H,5-6H2,1-2H3,(H,20,21)/t7-,8+. The average molecular weight is 320 g/mol. The third-order valence-corrected chi connectivity index (χ3v) is 3.27. The SMILES string of the molecule is C[C@@H]1CN(c2ncc(OC(F)(F)F)cn2)C[C@H](C)N1C(=O)O. The van der Waals surface area contributed by atoms with Crippen LogP contribution in [0.2, 0.25) is 0 Å².